The molecular weight excluding hydrogens is 234 g/mol. The molecule has 18 heavy (non-hydrogen) atoms. The van der Waals surface area contributed by atoms with Crippen LogP contribution in [0.25, 0.3) is 0 Å². The third-order valence-electron chi connectivity index (χ3n) is 3.29. The summed E-state index contributed by atoms with van der Waals surface area (Å²) in [4.78, 5) is 26.4. The van der Waals surface area contributed by atoms with Gasteiger partial charge in [-0.1, -0.05) is 0 Å². The molecule has 0 aromatic carbocycles. The second-order valence-corrected chi connectivity index (χ2v) is 4.78. The minimum absolute atomic E-state index is 0.0583. The molecule has 2 amide bonds. The zero-order valence-electron chi connectivity index (χ0n) is 11.2. The molecule has 104 valence electrons. The number of piperidine rings is 1. The maximum atomic E-state index is 12.1. The molecule has 1 rings (SSSR count). The normalized spacial score (nSPS) is 19.7. The number of hydrogen-bond donors (Lipinski definition) is 2. The molecule has 0 spiro atoms. The Bertz CT molecular complexity index is 296. The Morgan fingerprint density at radius 2 is 2.22 bits per heavy atom. The molecule has 1 aliphatic rings. The highest BCUT2D eigenvalue weighted by atomic mass is 16.4. The van der Waals surface area contributed by atoms with Gasteiger partial charge in [-0.3, -0.25) is 4.79 Å². The molecule has 0 aromatic rings. The topological polar surface area (TPSA) is 72.9 Å². The summed E-state index contributed by atoms with van der Waals surface area (Å²) in [5, 5.41) is 12.0. The lowest BCUT2D eigenvalue weighted by molar-refractivity contribution is -0.143. The van der Waals surface area contributed by atoms with Gasteiger partial charge >= 0.3 is 12.0 Å². The number of nitrogens with one attached hydrogen (secondary N) is 1. The first-order valence-electron chi connectivity index (χ1n) is 6.43. The van der Waals surface area contributed by atoms with Crippen LogP contribution in [0.1, 0.15) is 19.3 Å². The van der Waals surface area contributed by atoms with Gasteiger partial charge in [0.15, 0.2) is 0 Å². The van der Waals surface area contributed by atoms with E-state index in [9.17, 15) is 9.59 Å². The predicted molar refractivity (Wildman–Crippen MR) is 68.5 cm³/mol. The van der Waals surface area contributed by atoms with Crippen LogP contribution in [0.15, 0.2) is 0 Å². The van der Waals surface area contributed by atoms with Crippen molar-refractivity contribution in [3.8, 4) is 0 Å². The number of carbonyl (C=O) groups excluding carboxylic acids is 1. The Balaban J connectivity index is 2.42. The fourth-order valence-corrected chi connectivity index (χ4v) is 2.18. The molecule has 1 fully saturated rings. The van der Waals surface area contributed by atoms with Crippen molar-refractivity contribution in [2.24, 2.45) is 5.92 Å². The van der Waals surface area contributed by atoms with Gasteiger partial charge in [-0.25, -0.2) is 4.79 Å². The maximum Gasteiger partial charge on any atom is 0.319 e. The Morgan fingerprint density at radius 3 is 2.83 bits per heavy atom. The average molecular weight is 257 g/mol. The standard InChI is InChI=1S/C12H23N3O3/c1-13-6-4-7-14(2)12(18)15-8-3-5-10(9-15)11(16)17/h10,13H,3-9H2,1-2H3,(H,16,17)/t10-/m1/s1. The second kappa shape index (κ2) is 7.20. The van der Waals surface area contributed by atoms with Crippen LogP contribution in [0.4, 0.5) is 4.79 Å². The number of carbonyl (C=O) groups is 2. The van der Waals surface area contributed by atoms with Crippen molar-refractivity contribution in [2.45, 2.75) is 19.3 Å². The number of rotatable bonds is 5. The smallest absolute Gasteiger partial charge is 0.319 e. The lowest BCUT2D eigenvalue weighted by atomic mass is 9.99. The van der Waals surface area contributed by atoms with Crippen LogP contribution >= 0.6 is 0 Å². The molecule has 1 atom stereocenters. The number of urea groups is 1. The van der Waals surface area contributed by atoms with Crippen LogP contribution < -0.4 is 5.32 Å². The highest BCUT2D eigenvalue weighted by Gasteiger charge is 2.29. The molecule has 6 nitrogen and oxygen atoms in total. The molecule has 0 aromatic heterocycles. The van der Waals surface area contributed by atoms with Gasteiger partial charge in [0, 0.05) is 26.7 Å². The van der Waals surface area contributed by atoms with Crippen molar-refractivity contribution in [1.29, 1.82) is 0 Å². The predicted octanol–water partition coefficient (Wildman–Crippen LogP) is 0.444. The zero-order valence-corrected chi connectivity index (χ0v) is 11.2. The molecule has 1 saturated heterocycles. The molecule has 0 aliphatic carbocycles. The van der Waals surface area contributed by atoms with Crippen molar-refractivity contribution in [3.63, 3.8) is 0 Å². The number of aliphatic carboxylic acids is 1. The summed E-state index contributed by atoms with van der Waals surface area (Å²) in [6, 6.07) is -0.0583. The Hall–Kier alpha value is -1.30. The Morgan fingerprint density at radius 1 is 1.50 bits per heavy atom. The van der Waals surface area contributed by atoms with E-state index >= 15 is 0 Å². The summed E-state index contributed by atoms with van der Waals surface area (Å²) in [5.41, 5.74) is 0. The summed E-state index contributed by atoms with van der Waals surface area (Å²) in [6.07, 6.45) is 2.34. The quantitative estimate of drug-likeness (QED) is 0.701. The van der Waals surface area contributed by atoms with E-state index in [0.29, 0.717) is 26.1 Å². The van der Waals surface area contributed by atoms with Crippen LogP contribution in [0.5, 0.6) is 0 Å². The van der Waals surface area contributed by atoms with Gasteiger partial charge in [0.05, 0.1) is 5.92 Å². The van der Waals surface area contributed by atoms with Crippen LogP contribution in [0.3, 0.4) is 0 Å². The Kier molecular flexibility index (Phi) is 5.91. The van der Waals surface area contributed by atoms with Gasteiger partial charge in [0.2, 0.25) is 0 Å². The van der Waals surface area contributed by atoms with Gasteiger partial charge in [-0.15, -0.1) is 0 Å². The van der Waals surface area contributed by atoms with Crippen molar-refractivity contribution < 1.29 is 14.7 Å². The first-order valence-corrected chi connectivity index (χ1v) is 6.43. The van der Waals surface area contributed by atoms with E-state index in [4.69, 9.17) is 5.11 Å². The zero-order chi connectivity index (χ0) is 13.5. The number of carboxylic acid groups (broad SMARTS) is 1. The first-order chi connectivity index (χ1) is 8.56. The van der Waals surface area contributed by atoms with Crippen molar-refractivity contribution >= 4 is 12.0 Å². The van der Waals surface area contributed by atoms with Gasteiger partial charge in [-0.2, -0.15) is 0 Å². The summed E-state index contributed by atoms with van der Waals surface area (Å²) in [6.45, 7) is 2.56. The van der Waals surface area contributed by atoms with E-state index in [1.54, 1.807) is 16.8 Å². The highest BCUT2D eigenvalue weighted by Crippen LogP contribution is 2.17. The largest absolute Gasteiger partial charge is 0.481 e. The van der Waals surface area contributed by atoms with Crippen LogP contribution in [-0.2, 0) is 4.79 Å². The van der Waals surface area contributed by atoms with Gasteiger partial charge in [0.1, 0.15) is 0 Å². The minimum Gasteiger partial charge on any atom is -0.481 e. The molecule has 0 radical (unpaired) electrons. The number of likely N-dealkylation sites (tertiary alicyclic amines) is 1. The van der Waals surface area contributed by atoms with Crippen LogP contribution in [-0.4, -0.2) is 67.2 Å². The molecule has 1 heterocycles. The van der Waals surface area contributed by atoms with Crippen molar-refractivity contribution in [1.82, 2.24) is 15.1 Å². The van der Waals surface area contributed by atoms with Crippen LogP contribution in [0.2, 0.25) is 0 Å². The molecule has 0 unspecified atom stereocenters. The minimum atomic E-state index is -0.801. The van der Waals surface area contributed by atoms with E-state index in [0.717, 1.165) is 19.4 Å². The highest BCUT2D eigenvalue weighted by molar-refractivity contribution is 5.76. The second-order valence-electron chi connectivity index (χ2n) is 4.78. The first kappa shape index (κ1) is 14.8. The molecule has 6 heteroatoms. The molecular formula is C12H23N3O3. The van der Waals surface area contributed by atoms with E-state index in [2.05, 4.69) is 5.32 Å². The SMILES string of the molecule is CNCCCN(C)C(=O)N1CCC[C@@H](C(=O)O)C1. The number of hydrogen-bond acceptors (Lipinski definition) is 3. The summed E-state index contributed by atoms with van der Waals surface area (Å²) >= 11 is 0. The van der Waals surface area contributed by atoms with Gasteiger partial charge in [0.25, 0.3) is 0 Å². The monoisotopic (exact) mass is 257 g/mol. The third kappa shape index (κ3) is 4.18. The molecule has 1 aliphatic heterocycles. The van der Waals surface area contributed by atoms with Crippen molar-refractivity contribution in [2.75, 3.05) is 40.3 Å². The molecule has 0 saturated carbocycles. The third-order valence-corrected chi connectivity index (χ3v) is 3.29. The number of nitrogens with zero attached hydrogens (tertiary/aromatic N) is 2. The summed E-state index contributed by atoms with van der Waals surface area (Å²) < 4.78 is 0. The average Bonchev–Trinajstić information content (AvgIpc) is 2.38. The van der Waals surface area contributed by atoms with Crippen molar-refractivity contribution in [3.05, 3.63) is 0 Å². The van der Waals surface area contributed by atoms with E-state index in [1.165, 1.54) is 0 Å². The lowest BCUT2D eigenvalue weighted by Crippen LogP contribution is -2.48. The molecule has 0 bridgehead atoms. The van der Waals surface area contributed by atoms with Crippen LogP contribution in [0, 0.1) is 5.92 Å². The summed E-state index contributed by atoms with van der Waals surface area (Å²) in [7, 11) is 3.65. The van der Waals surface area contributed by atoms with Gasteiger partial charge < -0.3 is 20.2 Å². The van der Waals surface area contributed by atoms with E-state index in [-0.39, 0.29) is 6.03 Å². The fraction of sp³-hybridized carbons (Fsp3) is 0.833. The molecule has 2 N–H and O–H groups in total. The van der Waals surface area contributed by atoms with Gasteiger partial charge in [-0.05, 0) is 32.9 Å². The van der Waals surface area contributed by atoms with E-state index < -0.39 is 11.9 Å². The van der Waals surface area contributed by atoms with E-state index in [1.807, 2.05) is 7.05 Å². The number of amides is 2. The maximum absolute atomic E-state index is 12.1. The summed E-state index contributed by atoms with van der Waals surface area (Å²) in [5.74, 6) is -1.21. The number of carboxylic acids is 1. The lowest BCUT2D eigenvalue weighted by Gasteiger charge is -2.33. The fourth-order valence-electron chi connectivity index (χ4n) is 2.18. The Labute approximate surface area is 108 Å².